The lowest BCUT2D eigenvalue weighted by Crippen LogP contribution is -1.87. The maximum Gasteiger partial charge on any atom is -0.000728 e. The molecule has 1 aliphatic carbocycles. The smallest absolute Gasteiger partial charge is 0.000728 e. The van der Waals surface area contributed by atoms with Crippen molar-refractivity contribution in [1.29, 1.82) is 0 Å². The lowest BCUT2D eigenvalue weighted by atomic mass is 9.96. The van der Waals surface area contributed by atoms with Gasteiger partial charge in [0.25, 0.3) is 0 Å². The SMILES string of the molecule is Cc1ccc2c(c1)-c1cccc(-c3ccccc3)c1C2. The summed E-state index contributed by atoms with van der Waals surface area (Å²) in [5.74, 6) is 0. The summed E-state index contributed by atoms with van der Waals surface area (Å²) in [5.41, 5.74) is 9.77. The second kappa shape index (κ2) is 4.35. The Bertz CT molecular complexity index is 782. The van der Waals surface area contributed by atoms with Crippen molar-refractivity contribution < 1.29 is 0 Å². The van der Waals surface area contributed by atoms with Crippen LogP contribution in [0.1, 0.15) is 16.7 Å². The molecule has 3 aromatic rings. The molecule has 3 aromatic carbocycles. The van der Waals surface area contributed by atoms with Crippen molar-refractivity contribution in [3.8, 4) is 22.3 Å². The minimum Gasteiger partial charge on any atom is -0.0622 e. The normalized spacial score (nSPS) is 12.1. The summed E-state index contributed by atoms with van der Waals surface area (Å²) in [5, 5.41) is 0. The van der Waals surface area contributed by atoms with Crippen molar-refractivity contribution in [2.45, 2.75) is 13.3 Å². The van der Waals surface area contributed by atoms with Gasteiger partial charge in [-0.25, -0.2) is 0 Å². The molecule has 0 fully saturated rings. The summed E-state index contributed by atoms with van der Waals surface area (Å²) in [7, 11) is 0. The number of aryl methyl sites for hydroxylation is 1. The lowest BCUT2D eigenvalue weighted by Gasteiger charge is -2.08. The fourth-order valence-corrected chi connectivity index (χ4v) is 3.20. The third-order valence-corrected chi connectivity index (χ3v) is 4.18. The van der Waals surface area contributed by atoms with Gasteiger partial charge >= 0.3 is 0 Å². The van der Waals surface area contributed by atoms with E-state index < -0.39 is 0 Å². The Balaban J connectivity index is 1.94. The van der Waals surface area contributed by atoms with E-state index in [1.807, 2.05) is 0 Å². The fraction of sp³-hybridized carbons (Fsp3) is 0.100. The third kappa shape index (κ3) is 1.69. The van der Waals surface area contributed by atoms with Gasteiger partial charge in [-0.2, -0.15) is 0 Å². The Labute approximate surface area is 119 Å². The second-order valence-electron chi connectivity index (χ2n) is 5.54. The lowest BCUT2D eigenvalue weighted by molar-refractivity contribution is 1.26. The van der Waals surface area contributed by atoms with Crippen LogP contribution in [0.2, 0.25) is 0 Å². The Kier molecular flexibility index (Phi) is 2.50. The van der Waals surface area contributed by atoms with Crippen LogP contribution < -0.4 is 0 Å². The molecule has 0 spiro atoms. The number of fused-ring (bicyclic) bond motifs is 3. The molecular weight excluding hydrogens is 240 g/mol. The molecule has 4 rings (SSSR count). The topological polar surface area (TPSA) is 0 Å². The molecule has 0 amide bonds. The van der Waals surface area contributed by atoms with E-state index in [4.69, 9.17) is 0 Å². The summed E-state index contributed by atoms with van der Waals surface area (Å²) in [6, 6.07) is 24.2. The Morgan fingerprint density at radius 1 is 0.700 bits per heavy atom. The van der Waals surface area contributed by atoms with E-state index >= 15 is 0 Å². The van der Waals surface area contributed by atoms with Crippen LogP contribution in [0.4, 0.5) is 0 Å². The van der Waals surface area contributed by atoms with E-state index in [-0.39, 0.29) is 0 Å². The van der Waals surface area contributed by atoms with Gasteiger partial charge in [0.2, 0.25) is 0 Å². The average molecular weight is 256 g/mol. The molecule has 0 heteroatoms. The van der Waals surface area contributed by atoms with Crippen LogP contribution in [-0.4, -0.2) is 0 Å². The maximum atomic E-state index is 2.32. The second-order valence-corrected chi connectivity index (χ2v) is 5.54. The number of hydrogen-bond donors (Lipinski definition) is 0. The quantitative estimate of drug-likeness (QED) is 0.437. The molecule has 0 N–H and O–H groups in total. The Morgan fingerprint density at radius 2 is 1.50 bits per heavy atom. The van der Waals surface area contributed by atoms with Gasteiger partial charge in [-0.3, -0.25) is 0 Å². The maximum absolute atomic E-state index is 2.32. The van der Waals surface area contributed by atoms with Crippen molar-refractivity contribution in [2.24, 2.45) is 0 Å². The van der Waals surface area contributed by atoms with Crippen LogP contribution in [-0.2, 0) is 6.42 Å². The first kappa shape index (κ1) is 11.5. The number of rotatable bonds is 1. The molecule has 0 atom stereocenters. The van der Waals surface area contributed by atoms with Crippen molar-refractivity contribution >= 4 is 0 Å². The van der Waals surface area contributed by atoms with Crippen molar-refractivity contribution in [2.75, 3.05) is 0 Å². The van der Waals surface area contributed by atoms with E-state index in [9.17, 15) is 0 Å². The van der Waals surface area contributed by atoms with Crippen molar-refractivity contribution in [1.82, 2.24) is 0 Å². The molecule has 1 aliphatic rings. The molecule has 0 radical (unpaired) electrons. The standard InChI is InChI=1S/C20H16/c1-14-10-11-16-13-20-17(15-6-3-2-4-7-15)8-5-9-18(20)19(16)12-14/h2-12H,13H2,1H3. The van der Waals surface area contributed by atoms with E-state index in [0.29, 0.717) is 0 Å². The fourth-order valence-electron chi connectivity index (χ4n) is 3.20. The average Bonchev–Trinajstić information content (AvgIpc) is 2.86. The molecule has 0 aromatic heterocycles. The third-order valence-electron chi connectivity index (χ3n) is 4.18. The van der Waals surface area contributed by atoms with Gasteiger partial charge in [-0.05, 0) is 46.7 Å². The summed E-state index contributed by atoms with van der Waals surface area (Å²) in [6.07, 6.45) is 1.05. The predicted molar refractivity (Wildman–Crippen MR) is 84.9 cm³/mol. The zero-order valence-electron chi connectivity index (χ0n) is 11.6. The molecular formula is C20H16. The van der Waals surface area contributed by atoms with Gasteiger partial charge in [-0.15, -0.1) is 0 Å². The molecule has 0 aliphatic heterocycles. The van der Waals surface area contributed by atoms with Crippen molar-refractivity contribution in [3.63, 3.8) is 0 Å². The molecule has 0 saturated carbocycles. The monoisotopic (exact) mass is 256 g/mol. The number of benzene rings is 3. The Hall–Kier alpha value is -2.34. The van der Waals surface area contributed by atoms with Crippen LogP contribution in [0.15, 0.2) is 66.7 Å². The Morgan fingerprint density at radius 3 is 2.35 bits per heavy atom. The highest BCUT2D eigenvalue weighted by Crippen LogP contribution is 2.41. The highest BCUT2D eigenvalue weighted by Gasteiger charge is 2.21. The van der Waals surface area contributed by atoms with Crippen LogP contribution >= 0.6 is 0 Å². The first-order valence-electron chi connectivity index (χ1n) is 7.10. The van der Waals surface area contributed by atoms with Crippen LogP contribution in [0.25, 0.3) is 22.3 Å². The molecule has 0 saturated heterocycles. The van der Waals surface area contributed by atoms with Crippen molar-refractivity contribution in [3.05, 3.63) is 83.4 Å². The van der Waals surface area contributed by atoms with Gasteiger partial charge in [0.1, 0.15) is 0 Å². The van der Waals surface area contributed by atoms with Gasteiger partial charge in [-0.1, -0.05) is 72.3 Å². The molecule has 96 valence electrons. The molecule has 0 unspecified atom stereocenters. The largest absolute Gasteiger partial charge is 0.0622 e. The van der Waals surface area contributed by atoms with Gasteiger partial charge in [0.15, 0.2) is 0 Å². The molecule has 0 bridgehead atoms. The predicted octanol–water partition coefficient (Wildman–Crippen LogP) is 5.23. The summed E-state index contributed by atoms with van der Waals surface area (Å²) < 4.78 is 0. The van der Waals surface area contributed by atoms with E-state index in [2.05, 4.69) is 73.7 Å². The highest BCUT2D eigenvalue weighted by molar-refractivity contribution is 5.84. The van der Waals surface area contributed by atoms with Crippen LogP contribution in [0.5, 0.6) is 0 Å². The summed E-state index contributed by atoms with van der Waals surface area (Å²) in [6.45, 7) is 2.17. The first-order valence-corrected chi connectivity index (χ1v) is 7.10. The number of hydrogen-bond acceptors (Lipinski definition) is 0. The zero-order chi connectivity index (χ0) is 13.5. The zero-order valence-corrected chi connectivity index (χ0v) is 11.6. The summed E-state index contributed by atoms with van der Waals surface area (Å²) >= 11 is 0. The van der Waals surface area contributed by atoms with Crippen LogP contribution in [0.3, 0.4) is 0 Å². The first-order chi connectivity index (χ1) is 9.83. The highest BCUT2D eigenvalue weighted by atomic mass is 14.2. The van der Waals surface area contributed by atoms with Gasteiger partial charge in [0, 0.05) is 0 Å². The van der Waals surface area contributed by atoms with E-state index in [1.54, 1.807) is 0 Å². The molecule has 0 nitrogen and oxygen atoms in total. The van der Waals surface area contributed by atoms with E-state index in [0.717, 1.165) is 6.42 Å². The van der Waals surface area contributed by atoms with Gasteiger partial charge in [0.05, 0.1) is 0 Å². The molecule has 0 heterocycles. The molecule has 20 heavy (non-hydrogen) atoms. The van der Waals surface area contributed by atoms with Crippen LogP contribution in [0, 0.1) is 6.92 Å². The summed E-state index contributed by atoms with van der Waals surface area (Å²) in [4.78, 5) is 0. The van der Waals surface area contributed by atoms with E-state index in [1.165, 1.54) is 38.9 Å². The minimum absolute atomic E-state index is 1.05. The minimum atomic E-state index is 1.05. The van der Waals surface area contributed by atoms with Gasteiger partial charge < -0.3 is 0 Å².